The zero-order valence-electron chi connectivity index (χ0n) is 18.2. The average molecular weight is 402 g/mol. The van der Waals surface area contributed by atoms with Gasteiger partial charge in [-0.3, -0.25) is 4.79 Å². The third-order valence-electron chi connectivity index (χ3n) is 6.06. The van der Waals surface area contributed by atoms with E-state index in [1.54, 1.807) is 0 Å². The van der Waals surface area contributed by atoms with Gasteiger partial charge in [-0.2, -0.15) is 5.26 Å². The molecule has 156 valence electrons. The maximum atomic E-state index is 12.7. The van der Waals surface area contributed by atoms with Gasteiger partial charge in [-0.15, -0.1) is 0 Å². The Balaban J connectivity index is 1.70. The van der Waals surface area contributed by atoms with Crippen LogP contribution in [0.2, 0.25) is 0 Å². The molecule has 0 heterocycles. The predicted octanol–water partition coefficient (Wildman–Crippen LogP) is 5.78. The van der Waals surface area contributed by atoms with Crippen molar-refractivity contribution in [2.24, 2.45) is 0 Å². The third-order valence-corrected chi connectivity index (χ3v) is 6.06. The second-order valence-corrected chi connectivity index (χ2v) is 8.14. The van der Waals surface area contributed by atoms with Gasteiger partial charge in [0.1, 0.15) is 11.6 Å². The molecule has 2 atom stereocenters. The highest BCUT2D eigenvalue weighted by Crippen LogP contribution is 2.27. The maximum Gasteiger partial charge on any atom is 0.263 e. The van der Waals surface area contributed by atoms with Gasteiger partial charge in [0.05, 0.1) is 6.04 Å². The highest BCUT2D eigenvalue weighted by atomic mass is 16.1. The van der Waals surface area contributed by atoms with Crippen LogP contribution in [0, 0.1) is 11.3 Å². The number of carbonyl (C=O) groups is 1. The summed E-state index contributed by atoms with van der Waals surface area (Å²) in [5, 5.41) is 15.7. The number of fused-ring (bicyclic) bond motifs is 1. The topological polar surface area (TPSA) is 64.9 Å². The molecule has 30 heavy (non-hydrogen) atoms. The molecule has 0 spiro atoms. The normalized spacial score (nSPS) is 15.5. The van der Waals surface area contributed by atoms with Crippen LogP contribution in [-0.2, 0) is 17.6 Å². The van der Waals surface area contributed by atoms with Crippen LogP contribution in [0.5, 0.6) is 0 Å². The van der Waals surface area contributed by atoms with E-state index in [1.807, 2.05) is 31.2 Å². The van der Waals surface area contributed by atoms with Gasteiger partial charge in [0, 0.05) is 11.9 Å². The van der Waals surface area contributed by atoms with E-state index in [4.69, 9.17) is 0 Å². The van der Waals surface area contributed by atoms with Crippen LogP contribution in [-0.4, -0.2) is 5.91 Å². The Bertz CT molecular complexity index is 970. The molecular formula is C26H31N3O. The van der Waals surface area contributed by atoms with Crippen molar-refractivity contribution in [1.82, 2.24) is 5.32 Å². The number of nitrogens with one attached hydrogen (secondary N) is 2. The molecule has 0 aromatic heterocycles. The maximum absolute atomic E-state index is 12.7. The number of hydrogen-bond acceptors (Lipinski definition) is 3. The van der Waals surface area contributed by atoms with Crippen molar-refractivity contribution in [3.63, 3.8) is 0 Å². The molecule has 4 nitrogen and oxygen atoms in total. The summed E-state index contributed by atoms with van der Waals surface area (Å²) in [5.74, 6) is 0.0294. The molecule has 0 saturated heterocycles. The number of benzene rings is 2. The molecule has 2 unspecified atom stereocenters. The molecule has 2 aromatic carbocycles. The minimum atomic E-state index is -0.365. The molecule has 0 saturated carbocycles. The summed E-state index contributed by atoms with van der Waals surface area (Å²) in [7, 11) is 0. The lowest BCUT2D eigenvalue weighted by Gasteiger charge is -2.20. The molecular weight excluding hydrogens is 370 g/mol. The van der Waals surface area contributed by atoms with Crippen molar-refractivity contribution in [2.75, 3.05) is 5.32 Å². The lowest BCUT2D eigenvalue weighted by Crippen LogP contribution is -2.28. The largest absolute Gasteiger partial charge is 0.360 e. The van der Waals surface area contributed by atoms with Crippen LogP contribution in [0.1, 0.15) is 74.2 Å². The summed E-state index contributed by atoms with van der Waals surface area (Å²) in [6.45, 7) is 6.28. The van der Waals surface area contributed by atoms with Gasteiger partial charge in [0.2, 0.25) is 0 Å². The van der Waals surface area contributed by atoms with Crippen molar-refractivity contribution < 1.29 is 4.79 Å². The van der Waals surface area contributed by atoms with Crippen molar-refractivity contribution >= 4 is 11.6 Å². The summed E-state index contributed by atoms with van der Waals surface area (Å²) in [6, 6.07) is 16.4. The van der Waals surface area contributed by atoms with Crippen molar-refractivity contribution in [1.29, 1.82) is 5.26 Å². The van der Waals surface area contributed by atoms with Crippen LogP contribution in [0.25, 0.3) is 0 Å². The Kier molecular flexibility index (Phi) is 7.30. The molecule has 0 aliphatic heterocycles. The van der Waals surface area contributed by atoms with Gasteiger partial charge in [0.15, 0.2) is 0 Å². The van der Waals surface area contributed by atoms with E-state index >= 15 is 0 Å². The molecule has 0 bridgehead atoms. The summed E-state index contributed by atoms with van der Waals surface area (Å²) >= 11 is 0. The van der Waals surface area contributed by atoms with Gasteiger partial charge in [0.25, 0.3) is 5.91 Å². The Hall–Kier alpha value is -3.06. The molecule has 1 amide bonds. The molecule has 2 aromatic rings. The first-order valence-corrected chi connectivity index (χ1v) is 10.9. The van der Waals surface area contributed by atoms with E-state index in [0.29, 0.717) is 5.92 Å². The summed E-state index contributed by atoms with van der Waals surface area (Å²) in [5.41, 5.74) is 6.06. The van der Waals surface area contributed by atoms with E-state index in [1.165, 1.54) is 35.7 Å². The second-order valence-electron chi connectivity index (χ2n) is 8.14. The lowest BCUT2D eigenvalue weighted by molar-refractivity contribution is -0.117. The highest BCUT2D eigenvalue weighted by Gasteiger charge is 2.17. The number of nitriles is 1. The smallest absolute Gasteiger partial charge is 0.263 e. The molecule has 1 aliphatic rings. The minimum absolute atomic E-state index is 0.0683. The number of carbonyl (C=O) groups excluding carboxylic acids is 1. The fourth-order valence-corrected chi connectivity index (χ4v) is 3.96. The quantitative estimate of drug-likeness (QED) is 0.457. The van der Waals surface area contributed by atoms with Crippen molar-refractivity contribution in [3.8, 4) is 6.07 Å². The van der Waals surface area contributed by atoms with E-state index in [2.05, 4.69) is 48.7 Å². The highest BCUT2D eigenvalue weighted by molar-refractivity contribution is 5.97. The first kappa shape index (κ1) is 21.6. The van der Waals surface area contributed by atoms with Crippen LogP contribution < -0.4 is 10.6 Å². The molecule has 3 rings (SSSR count). The van der Waals surface area contributed by atoms with Gasteiger partial charge < -0.3 is 10.6 Å². The van der Waals surface area contributed by atoms with Crippen LogP contribution in [0.15, 0.2) is 54.2 Å². The molecule has 2 N–H and O–H groups in total. The number of para-hydroxylation sites is 1. The van der Waals surface area contributed by atoms with E-state index < -0.39 is 0 Å². The number of nitrogens with zero attached hydrogens (tertiary/aromatic N) is 1. The predicted molar refractivity (Wildman–Crippen MR) is 122 cm³/mol. The lowest BCUT2D eigenvalue weighted by atomic mass is 9.89. The molecule has 4 heteroatoms. The molecule has 0 fully saturated rings. The van der Waals surface area contributed by atoms with Gasteiger partial charge in [-0.25, -0.2) is 0 Å². The number of hydrogen-bond donors (Lipinski definition) is 2. The summed E-state index contributed by atoms with van der Waals surface area (Å²) in [4.78, 5) is 12.7. The van der Waals surface area contributed by atoms with Crippen molar-refractivity contribution in [2.45, 2.75) is 64.8 Å². The second kappa shape index (κ2) is 10.1. The number of amides is 1. The monoisotopic (exact) mass is 401 g/mol. The number of rotatable bonds is 7. The van der Waals surface area contributed by atoms with Crippen LogP contribution in [0.3, 0.4) is 0 Å². The summed E-state index contributed by atoms with van der Waals surface area (Å²) in [6.07, 6.45) is 7.25. The van der Waals surface area contributed by atoms with Crippen molar-refractivity contribution in [3.05, 3.63) is 76.5 Å². The Morgan fingerprint density at radius 3 is 2.60 bits per heavy atom. The van der Waals surface area contributed by atoms with E-state index in [9.17, 15) is 10.1 Å². The van der Waals surface area contributed by atoms with Gasteiger partial charge in [-0.05, 0) is 73.3 Å². The Morgan fingerprint density at radius 2 is 1.87 bits per heavy atom. The number of anilines is 1. The molecule has 1 aliphatic carbocycles. The fraction of sp³-hybridized carbons (Fsp3) is 0.385. The van der Waals surface area contributed by atoms with E-state index in [-0.39, 0.29) is 17.5 Å². The van der Waals surface area contributed by atoms with Crippen LogP contribution in [0.4, 0.5) is 5.69 Å². The SMILES string of the molecule is CCC(C)c1ccccc1N/C=C(/C#N)C(=O)NC(C)c1ccc2c(c1)CCCC2. The van der Waals surface area contributed by atoms with E-state index in [0.717, 1.165) is 30.5 Å². The Morgan fingerprint density at radius 1 is 1.13 bits per heavy atom. The summed E-state index contributed by atoms with van der Waals surface area (Å²) < 4.78 is 0. The fourth-order valence-electron chi connectivity index (χ4n) is 3.96. The minimum Gasteiger partial charge on any atom is -0.360 e. The van der Waals surface area contributed by atoms with Crippen LogP contribution >= 0.6 is 0 Å². The Labute approximate surface area is 180 Å². The zero-order chi connectivity index (χ0) is 21.5. The van der Waals surface area contributed by atoms with Gasteiger partial charge >= 0.3 is 0 Å². The first-order valence-electron chi connectivity index (χ1n) is 10.9. The van der Waals surface area contributed by atoms with Gasteiger partial charge in [-0.1, -0.05) is 50.2 Å². The average Bonchev–Trinajstić information content (AvgIpc) is 2.78. The zero-order valence-corrected chi connectivity index (χ0v) is 18.2. The molecule has 0 radical (unpaired) electrons. The standard InChI is InChI=1S/C26H31N3O/c1-4-18(2)24-11-7-8-12-25(24)28-17-23(16-27)26(30)29-19(3)21-14-13-20-9-5-6-10-22(20)15-21/h7-8,11-15,17-19,28H,4-6,9-10H2,1-3H3,(H,29,30)/b23-17-. The first-order chi connectivity index (χ1) is 14.5. The third kappa shape index (κ3) is 5.10. The number of aryl methyl sites for hydroxylation is 2.